The van der Waals surface area contributed by atoms with Crippen molar-refractivity contribution < 1.29 is 32.4 Å². The summed E-state index contributed by atoms with van der Waals surface area (Å²) in [4.78, 5) is 36.8. The van der Waals surface area contributed by atoms with Gasteiger partial charge in [-0.2, -0.15) is 13.2 Å². The van der Waals surface area contributed by atoms with Crippen LogP contribution in [0.25, 0.3) is 6.08 Å². The molecule has 1 aliphatic rings. The Morgan fingerprint density at radius 3 is 2.44 bits per heavy atom. The number of imide groups is 1. The number of hydrogen-bond donors (Lipinski definition) is 0. The molecular formula is C25H17F3N2O5S. The van der Waals surface area contributed by atoms with Gasteiger partial charge in [-0.05, 0) is 59.7 Å². The first kappa shape index (κ1) is 25.0. The minimum atomic E-state index is -4.74. The van der Waals surface area contributed by atoms with Crippen LogP contribution >= 0.6 is 11.8 Å². The van der Waals surface area contributed by atoms with Gasteiger partial charge in [-0.3, -0.25) is 24.6 Å². The number of benzene rings is 3. The number of rotatable bonds is 7. The first-order valence-corrected chi connectivity index (χ1v) is 11.4. The number of carbonyl (C=O) groups excluding carboxylic acids is 2. The number of thioether (sulfide) groups is 1. The molecule has 0 aliphatic carbocycles. The first-order chi connectivity index (χ1) is 17.1. The first-order valence-electron chi connectivity index (χ1n) is 10.5. The third-order valence-corrected chi connectivity index (χ3v) is 6.11. The summed E-state index contributed by atoms with van der Waals surface area (Å²) >= 11 is 0.794. The Balaban J connectivity index is 1.51. The van der Waals surface area contributed by atoms with E-state index >= 15 is 0 Å². The van der Waals surface area contributed by atoms with Crippen LogP contribution in [0.4, 0.5) is 23.7 Å². The number of nitro benzene ring substituents is 1. The minimum absolute atomic E-state index is 0.106. The number of carbonyl (C=O) groups is 2. The number of hydrogen-bond acceptors (Lipinski definition) is 6. The Hall–Kier alpha value is -4.12. The average molecular weight is 514 g/mol. The Labute approximate surface area is 207 Å². The fourth-order valence-electron chi connectivity index (χ4n) is 3.45. The smallest absolute Gasteiger partial charge is 0.416 e. The Kier molecular flexibility index (Phi) is 7.11. The van der Waals surface area contributed by atoms with E-state index in [-0.39, 0.29) is 22.9 Å². The highest BCUT2D eigenvalue weighted by Gasteiger charge is 2.35. The predicted molar refractivity (Wildman–Crippen MR) is 127 cm³/mol. The fourth-order valence-corrected chi connectivity index (χ4v) is 4.31. The maximum absolute atomic E-state index is 12.9. The molecule has 11 heteroatoms. The van der Waals surface area contributed by atoms with Crippen molar-refractivity contribution in [1.29, 1.82) is 0 Å². The van der Waals surface area contributed by atoms with Gasteiger partial charge in [0.2, 0.25) is 5.75 Å². The molecule has 184 valence electrons. The lowest BCUT2D eigenvalue weighted by Gasteiger charge is -2.12. The normalized spacial score (nSPS) is 15.0. The molecule has 0 radical (unpaired) electrons. The van der Waals surface area contributed by atoms with Crippen molar-refractivity contribution in [3.63, 3.8) is 0 Å². The SMILES string of the molecule is O=C1S/C(=C/c2cccc(Oc3ccc(C(F)(F)F)cc3[N+](=O)[O-])c2)C(=O)N1CCc1ccccc1. The van der Waals surface area contributed by atoms with Crippen molar-refractivity contribution in [2.45, 2.75) is 12.6 Å². The minimum Gasteiger partial charge on any atom is -0.450 e. The molecule has 7 nitrogen and oxygen atoms in total. The summed E-state index contributed by atoms with van der Waals surface area (Å²) < 4.78 is 44.3. The fraction of sp³-hybridized carbons (Fsp3) is 0.120. The van der Waals surface area contributed by atoms with Gasteiger partial charge < -0.3 is 4.74 Å². The third-order valence-electron chi connectivity index (χ3n) is 5.21. The summed E-state index contributed by atoms with van der Waals surface area (Å²) in [7, 11) is 0. The zero-order valence-corrected chi connectivity index (χ0v) is 19.2. The number of ether oxygens (including phenoxy) is 1. The molecule has 1 fully saturated rings. The molecule has 1 saturated heterocycles. The standard InChI is InChI=1S/C25H17F3N2O5S/c26-25(27,28)18-9-10-21(20(15-18)30(33)34)35-19-8-4-7-17(13-19)14-22-23(31)29(24(32)36-22)12-11-16-5-2-1-3-6-16/h1-10,13-15H,11-12H2/b22-14+. The average Bonchev–Trinajstić information content (AvgIpc) is 3.10. The van der Waals surface area contributed by atoms with Crippen molar-refractivity contribution in [3.8, 4) is 11.5 Å². The summed E-state index contributed by atoms with van der Waals surface area (Å²) in [6, 6.07) is 17.5. The zero-order valence-electron chi connectivity index (χ0n) is 18.4. The second-order valence-corrected chi connectivity index (χ2v) is 8.67. The van der Waals surface area contributed by atoms with E-state index in [2.05, 4.69) is 0 Å². The molecule has 36 heavy (non-hydrogen) atoms. The van der Waals surface area contributed by atoms with Gasteiger partial charge in [0.05, 0.1) is 15.4 Å². The third kappa shape index (κ3) is 5.74. The maximum Gasteiger partial charge on any atom is 0.416 e. The van der Waals surface area contributed by atoms with Crippen LogP contribution in [0, 0.1) is 10.1 Å². The van der Waals surface area contributed by atoms with Gasteiger partial charge in [0.1, 0.15) is 5.75 Å². The quantitative estimate of drug-likeness (QED) is 0.198. The van der Waals surface area contributed by atoms with Gasteiger partial charge in [-0.25, -0.2) is 0 Å². The molecule has 0 aromatic heterocycles. The van der Waals surface area contributed by atoms with E-state index in [1.54, 1.807) is 12.1 Å². The number of amides is 2. The molecule has 0 bridgehead atoms. The summed E-state index contributed by atoms with van der Waals surface area (Å²) in [5.41, 5.74) is -0.550. The lowest BCUT2D eigenvalue weighted by Crippen LogP contribution is -2.30. The van der Waals surface area contributed by atoms with Crippen molar-refractivity contribution in [2.75, 3.05) is 6.54 Å². The Morgan fingerprint density at radius 2 is 1.75 bits per heavy atom. The van der Waals surface area contributed by atoms with Crippen LogP contribution < -0.4 is 4.74 Å². The van der Waals surface area contributed by atoms with Crippen LogP contribution in [-0.4, -0.2) is 27.5 Å². The highest BCUT2D eigenvalue weighted by atomic mass is 32.2. The van der Waals surface area contributed by atoms with Crippen LogP contribution in [0.2, 0.25) is 0 Å². The van der Waals surface area contributed by atoms with Crippen molar-refractivity contribution in [1.82, 2.24) is 4.90 Å². The predicted octanol–water partition coefficient (Wildman–Crippen LogP) is 6.68. The Morgan fingerprint density at radius 1 is 1.00 bits per heavy atom. The second kappa shape index (κ2) is 10.2. The zero-order chi connectivity index (χ0) is 25.9. The monoisotopic (exact) mass is 514 g/mol. The number of nitrogens with zero attached hydrogens (tertiary/aromatic N) is 2. The van der Waals surface area contributed by atoms with Crippen molar-refractivity contribution in [2.24, 2.45) is 0 Å². The number of alkyl halides is 3. The summed E-state index contributed by atoms with van der Waals surface area (Å²) in [5, 5.41) is 10.9. The molecular weight excluding hydrogens is 497 g/mol. The van der Waals surface area contributed by atoms with E-state index in [1.165, 1.54) is 18.2 Å². The van der Waals surface area contributed by atoms with E-state index in [4.69, 9.17) is 4.74 Å². The van der Waals surface area contributed by atoms with Gasteiger partial charge in [0, 0.05) is 12.6 Å². The van der Waals surface area contributed by atoms with Gasteiger partial charge >= 0.3 is 11.9 Å². The van der Waals surface area contributed by atoms with Gasteiger partial charge in [-0.1, -0.05) is 42.5 Å². The molecule has 3 aromatic carbocycles. The lowest BCUT2D eigenvalue weighted by atomic mass is 10.1. The van der Waals surface area contributed by atoms with Crippen LogP contribution in [0.1, 0.15) is 16.7 Å². The molecule has 0 atom stereocenters. The largest absolute Gasteiger partial charge is 0.450 e. The van der Waals surface area contributed by atoms with Gasteiger partial charge in [0.25, 0.3) is 11.1 Å². The molecule has 2 amide bonds. The number of halogens is 3. The van der Waals surface area contributed by atoms with Gasteiger partial charge in [0.15, 0.2) is 0 Å². The topological polar surface area (TPSA) is 89.7 Å². The molecule has 4 rings (SSSR count). The van der Waals surface area contributed by atoms with E-state index in [9.17, 15) is 32.9 Å². The molecule has 0 unspecified atom stereocenters. The van der Waals surface area contributed by atoms with Crippen LogP contribution in [-0.2, 0) is 17.4 Å². The lowest BCUT2D eigenvalue weighted by molar-refractivity contribution is -0.385. The number of nitro groups is 1. The molecule has 0 spiro atoms. The van der Waals surface area contributed by atoms with E-state index in [0.717, 1.165) is 28.3 Å². The molecule has 1 heterocycles. The van der Waals surface area contributed by atoms with Crippen molar-refractivity contribution in [3.05, 3.63) is 105 Å². The van der Waals surface area contributed by atoms with Crippen LogP contribution in [0.15, 0.2) is 77.7 Å². The summed E-state index contributed by atoms with van der Waals surface area (Å²) in [6.07, 6.45) is -2.74. The van der Waals surface area contributed by atoms with Crippen LogP contribution in [0.3, 0.4) is 0 Å². The van der Waals surface area contributed by atoms with Crippen molar-refractivity contribution >= 4 is 34.7 Å². The van der Waals surface area contributed by atoms with Crippen LogP contribution in [0.5, 0.6) is 11.5 Å². The maximum atomic E-state index is 12.9. The molecule has 0 N–H and O–H groups in total. The molecule has 1 aliphatic heterocycles. The highest BCUT2D eigenvalue weighted by Crippen LogP contribution is 2.38. The highest BCUT2D eigenvalue weighted by molar-refractivity contribution is 8.18. The molecule has 3 aromatic rings. The second-order valence-electron chi connectivity index (χ2n) is 7.68. The van der Waals surface area contributed by atoms with E-state index in [1.807, 2.05) is 30.3 Å². The summed E-state index contributed by atoms with van der Waals surface area (Å²) in [6.45, 7) is 0.229. The van der Waals surface area contributed by atoms with Gasteiger partial charge in [-0.15, -0.1) is 0 Å². The Bertz CT molecular complexity index is 1360. The summed E-state index contributed by atoms with van der Waals surface area (Å²) in [5.74, 6) is -0.702. The van der Waals surface area contributed by atoms with E-state index < -0.39 is 33.5 Å². The molecule has 0 saturated carbocycles. The van der Waals surface area contributed by atoms with E-state index in [0.29, 0.717) is 24.1 Å².